The van der Waals surface area contributed by atoms with E-state index in [4.69, 9.17) is 4.99 Å². The van der Waals surface area contributed by atoms with Gasteiger partial charge in [-0.3, -0.25) is 9.79 Å². The molecular weight excluding hydrogens is 471 g/mol. The van der Waals surface area contributed by atoms with Gasteiger partial charge in [-0.25, -0.2) is 0 Å². The number of carbonyl (C=O) groups is 1. The second-order valence-electron chi connectivity index (χ2n) is 6.52. The zero-order chi connectivity index (χ0) is 18.8. The summed E-state index contributed by atoms with van der Waals surface area (Å²) in [6.07, 6.45) is 4.55. The van der Waals surface area contributed by atoms with Crippen LogP contribution in [-0.2, 0) is 6.42 Å². The van der Waals surface area contributed by atoms with Crippen molar-refractivity contribution in [1.29, 1.82) is 0 Å². The fraction of sp³-hybridized carbons (Fsp3) is 0.600. The Labute approximate surface area is 185 Å². The van der Waals surface area contributed by atoms with Gasteiger partial charge in [0, 0.05) is 37.0 Å². The van der Waals surface area contributed by atoms with Gasteiger partial charge in [-0.1, -0.05) is 19.1 Å². The van der Waals surface area contributed by atoms with Gasteiger partial charge in [0.25, 0.3) is 5.91 Å². The molecular formula is C20H33IN4OS. The maximum absolute atomic E-state index is 11.7. The molecule has 1 fully saturated rings. The highest BCUT2D eigenvalue weighted by atomic mass is 127. The number of carbonyl (C=O) groups excluding carboxylic acids is 1. The Bertz CT molecular complexity index is 611. The SMILES string of the molecule is CCNC(=NCCc1cccc(C(=O)NC)c1)NC1CCC(SCC)C1.I. The van der Waals surface area contributed by atoms with Crippen LogP contribution in [0.5, 0.6) is 0 Å². The highest BCUT2D eigenvalue weighted by Crippen LogP contribution is 2.29. The van der Waals surface area contributed by atoms with Gasteiger partial charge in [0.2, 0.25) is 0 Å². The molecule has 1 amide bonds. The molecule has 1 saturated carbocycles. The van der Waals surface area contributed by atoms with Gasteiger partial charge < -0.3 is 16.0 Å². The highest BCUT2D eigenvalue weighted by Gasteiger charge is 2.25. The Morgan fingerprint density at radius 3 is 2.81 bits per heavy atom. The van der Waals surface area contributed by atoms with Gasteiger partial charge in [0.05, 0.1) is 0 Å². The minimum absolute atomic E-state index is 0. The van der Waals surface area contributed by atoms with Crippen molar-refractivity contribution in [2.45, 2.75) is 50.8 Å². The average molecular weight is 504 g/mol. The number of amides is 1. The van der Waals surface area contributed by atoms with Crippen molar-refractivity contribution in [3.8, 4) is 0 Å². The van der Waals surface area contributed by atoms with Crippen molar-refractivity contribution in [3.63, 3.8) is 0 Å². The fourth-order valence-electron chi connectivity index (χ4n) is 3.28. The molecule has 7 heteroatoms. The van der Waals surface area contributed by atoms with Crippen LogP contribution in [0, 0.1) is 0 Å². The van der Waals surface area contributed by atoms with E-state index in [-0.39, 0.29) is 29.9 Å². The Morgan fingerprint density at radius 2 is 2.11 bits per heavy atom. The molecule has 0 aliphatic heterocycles. The monoisotopic (exact) mass is 504 g/mol. The number of nitrogens with one attached hydrogen (secondary N) is 3. The first-order chi connectivity index (χ1) is 12.7. The minimum Gasteiger partial charge on any atom is -0.357 e. The molecule has 3 N–H and O–H groups in total. The van der Waals surface area contributed by atoms with Crippen LogP contribution in [0.15, 0.2) is 29.3 Å². The molecule has 1 aliphatic rings. The molecule has 1 aromatic rings. The van der Waals surface area contributed by atoms with Gasteiger partial charge in [0.1, 0.15) is 0 Å². The fourth-order valence-corrected chi connectivity index (χ4v) is 4.42. The van der Waals surface area contributed by atoms with E-state index in [0.717, 1.165) is 29.7 Å². The summed E-state index contributed by atoms with van der Waals surface area (Å²) in [6.45, 7) is 5.88. The van der Waals surface area contributed by atoms with Gasteiger partial charge in [0.15, 0.2) is 5.96 Å². The Morgan fingerprint density at radius 1 is 1.30 bits per heavy atom. The Balaban J connectivity index is 0.00000364. The van der Waals surface area contributed by atoms with E-state index < -0.39 is 0 Å². The molecule has 0 saturated heterocycles. The molecule has 0 aromatic heterocycles. The summed E-state index contributed by atoms with van der Waals surface area (Å²) >= 11 is 2.07. The lowest BCUT2D eigenvalue weighted by molar-refractivity contribution is 0.0963. The zero-order valence-corrected chi connectivity index (χ0v) is 19.7. The third-order valence-corrected chi connectivity index (χ3v) is 5.79. The number of aliphatic imine (C=N–C) groups is 1. The largest absolute Gasteiger partial charge is 0.357 e. The third kappa shape index (κ3) is 8.29. The number of thioether (sulfide) groups is 1. The van der Waals surface area contributed by atoms with Gasteiger partial charge in [-0.2, -0.15) is 11.8 Å². The third-order valence-electron chi connectivity index (χ3n) is 4.56. The summed E-state index contributed by atoms with van der Waals surface area (Å²) in [5.41, 5.74) is 1.83. The van der Waals surface area contributed by atoms with E-state index >= 15 is 0 Å². The lowest BCUT2D eigenvalue weighted by Gasteiger charge is -2.17. The molecule has 0 bridgehead atoms. The molecule has 0 radical (unpaired) electrons. The van der Waals surface area contributed by atoms with Gasteiger partial charge >= 0.3 is 0 Å². The van der Waals surface area contributed by atoms with Crippen molar-refractivity contribution >= 4 is 47.6 Å². The van der Waals surface area contributed by atoms with Crippen LogP contribution < -0.4 is 16.0 Å². The smallest absolute Gasteiger partial charge is 0.251 e. The summed E-state index contributed by atoms with van der Waals surface area (Å²) < 4.78 is 0. The molecule has 5 nitrogen and oxygen atoms in total. The summed E-state index contributed by atoms with van der Waals surface area (Å²) in [5, 5.41) is 10.4. The molecule has 27 heavy (non-hydrogen) atoms. The van der Waals surface area contributed by atoms with Crippen molar-refractivity contribution in [1.82, 2.24) is 16.0 Å². The molecule has 2 unspecified atom stereocenters. The van der Waals surface area contributed by atoms with Gasteiger partial charge in [-0.15, -0.1) is 24.0 Å². The predicted octanol–water partition coefficient (Wildman–Crippen LogP) is 3.44. The van der Waals surface area contributed by atoms with Crippen LogP contribution in [0.2, 0.25) is 0 Å². The summed E-state index contributed by atoms with van der Waals surface area (Å²) in [7, 11) is 1.65. The number of hydrogen-bond donors (Lipinski definition) is 3. The molecule has 0 heterocycles. The molecule has 152 valence electrons. The number of halogens is 1. The topological polar surface area (TPSA) is 65.5 Å². The quantitative estimate of drug-likeness (QED) is 0.289. The second kappa shape index (κ2) is 13.3. The average Bonchev–Trinajstić information content (AvgIpc) is 3.09. The van der Waals surface area contributed by atoms with Crippen molar-refractivity contribution in [2.75, 3.05) is 25.9 Å². The van der Waals surface area contributed by atoms with E-state index in [0.29, 0.717) is 18.2 Å². The molecule has 0 spiro atoms. The standard InChI is InChI=1S/C20H32N4OS.HI/c1-4-22-20(24-17-9-10-18(14-17)26-5-2)23-12-11-15-7-6-8-16(13-15)19(25)21-3;/h6-8,13,17-18H,4-5,9-12,14H2,1-3H3,(H,21,25)(H2,22,23,24);1H. The van der Waals surface area contributed by atoms with E-state index in [2.05, 4.69) is 41.6 Å². The Kier molecular flexibility index (Phi) is 11.8. The Hall–Kier alpha value is -0.960. The molecule has 2 atom stereocenters. The number of nitrogens with zero attached hydrogens (tertiary/aromatic N) is 1. The first kappa shape index (κ1) is 24.1. The van der Waals surface area contributed by atoms with Crippen LogP contribution in [0.3, 0.4) is 0 Å². The molecule has 2 rings (SSSR count). The minimum atomic E-state index is -0.0499. The summed E-state index contributed by atoms with van der Waals surface area (Å²) in [4.78, 5) is 16.5. The van der Waals surface area contributed by atoms with Gasteiger partial charge in [-0.05, 0) is 56.1 Å². The first-order valence-electron chi connectivity index (χ1n) is 9.63. The molecule has 1 aliphatic carbocycles. The van der Waals surface area contributed by atoms with Crippen molar-refractivity contribution in [3.05, 3.63) is 35.4 Å². The van der Waals surface area contributed by atoms with Crippen molar-refractivity contribution in [2.24, 2.45) is 4.99 Å². The number of hydrogen-bond acceptors (Lipinski definition) is 3. The van der Waals surface area contributed by atoms with Crippen molar-refractivity contribution < 1.29 is 4.79 Å². The summed E-state index contributed by atoms with van der Waals surface area (Å²) in [6, 6.07) is 8.27. The number of rotatable bonds is 8. The first-order valence-corrected chi connectivity index (χ1v) is 10.7. The second-order valence-corrected chi connectivity index (χ2v) is 8.10. The zero-order valence-electron chi connectivity index (χ0n) is 16.6. The van der Waals surface area contributed by atoms with Crippen LogP contribution >= 0.6 is 35.7 Å². The van der Waals surface area contributed by atoms with E-state index in [1.54, 1.807) is 7.05 Å². The van der Waals surface area contributed by atoms with Crippen LogP contribution in [0.25, 0.3) is 0 Å². The number of guanidine groups is 1. The summed E-state index contributed by atoms with van der Waals surface area (Å²) in [5.74, 6) is 2.05. The van der Waals surface area contributed by atoms with Crippen LogP contribution in [0.4, 0.5) is 0 Å². The number of benzene rings is 1. The maximum atomic E-state index is 11.7. The van der Waals surface area contributed by atoms with E-state index in [9.17, 15) is 4.79 Å². The van der Waals surface area contributed by atoms with E-state index in [1.807, 2.05) is 24.3 Å². The predicted molar refractivity (Wildman–Crippen MR) is 128 cm³/mol. The van der Waals surface area contributed by atoms with Crippen LogP contribution in [0.1, 0.15) is 49.0 Å². The molecule has 1 aromatic carbocycles. The maximum Gasteiger partial charge on any atom is 0.251 e. The lowest BCUT2D eigenvalue weighted by atomic mass is 10.1. The normalized spacial score (nSPS) is 19.3. The van der Waals surface area contributed by atoms with Crippen LogP contribution in [-0.4, -0.2) is 49.0 Å². The highest BCUT2D eigenvalue weighted by molar-refractivity contribution is 14.0. The van der Waals surface area contributed by atoms with E-state index in [1.165, 1.54) is 25.0 Å². The lowest BCUT2D eigenvalue weighted by Crippen LogP contribution is -2.42.